The van der Waals surface area contributed by atoms with E-state index in [1.54, 1.807) is 7.11 Å². The maximum absolute atomic E-state index is 12.6. The second-order valence-corrected chi connectivity index (χ2v) is 7.98. The third kappa shape index (κ3) is 4.85. The van der Waals surface area contributed by atoms with Gasteiger partial charge in [0.1, 0.15) is 28.7 Å². The summed E-state index contributed by atoms with van der Waals surface area (Å²) in [6, 6.07) is 15.0. The molecule has 0 unspecified atom stereocenters. The summed E-state index contributed by atoms with van der Waals surface area (Å²) >= 11 is 1.38. The Balaban J connectivity index is 1.56. The monoisotopic (exact) mass is 464 g/mol. The van der Waals surface area contributed by atoms with E-state index in [1.165, 1.54) is 16.4 Å². The van der Waals surface area contributed by atoms with Crippen LogP contribution in [-0.4, -0.2) is 39.2 Å². The second-order valence-electron chi connectivity index (χ2n) is 7.18. The standard InChI is InChI=1S/C23H24N6O3S/c1-4-14-6-5-7-16(12-14)25-18(30)13-29-20(24)19(23(27-29)33-3)22-26-21(28-32-22)15-8-10-17(31-2)11-9-15/h5-12H,4,13,24H2,1-3H3,(H,25,30). The first kappa shape index (κ1) is 22.4. The highest BCUT2D eigenvalue weighted by Gasteiger charge is 2.24. The van der Waals surface area contributed by atoms with Gasteiger partial charge in [0.25, 0.3) is 5.89 Å². The lowest BCUT2D eigenvalue weighted by Crippen LogP contribution is -2.20. The first-order valence-electron chi connectivity index (χ1n) is 10.3. The number of benzene rings is 2. The number of carbonyl (C=O) groups is 1. The number of rotatable bonds is 8. The van der Waals surface area contributed by atoms with Crippen LogP contribution >= 0.6 is 11.8 Å². The summed E-state index contributed by atoms with van der Waals surface area (Å²) in [5.74, 6) is 1.44. The minimum absolute atomic E-state index is 0.0464. The molecule has 4 aromatic rings. The summed E-state index contributed by atoms with van der Waals surface area (Å²) in [6.45, 7) is 2.02. The number of thioether (sulfide) groups is 1. The molecule has 0 spiro atoms. The number of amides is 1. The summed E-state index contributed by atoms with van der Waals surface area (Å²) in [4.78, 5) is 17.1. The molecule has 1 amide bonds. The number of nitrogens with two attached hydrogens (primary N) is 1. The summed E-state index contributed by atoms with van der Waals surface area (Å²) < 4.78 is 12.1. The Labute approximate surface area is 195 Å². The molecule has 33 heavy (non-hydrogen) atoms. The number of anilines is 2. The van der Waals surface area contributed by atoms with Crippen LogP contribution in [0.25, 0.3) is 22.8 Å². The van der Waals surface area contributed by atoms with Crippen LogP contribution in [0, 0.1) is 0 Å². The van der Waals surface area contributed by atoms with E-state index in [9.17, 15) is 4.79 Å². The number of nitrogens with zero attached hydrogens (tertiary/aromatic N) is 4. The normalized spacial score (nSPS) is 10.9. The molecule has 0 atom stereocenters. The predicted octanol–water partition coefficient (Wildman–Crippen LogP) is 4.11. The summed E-state index contributed by atoms with van der Waals surface area (Å²) in [6.07, 6.45) is 2.76. The molecule has 4 rings (SSSR count). The maximum Gasteiger partial charge on any atom is 0.264 e. The number of ether oxygens (including phenoxy) is 1. The molecule has 0 bridgehead atoms. The Bertz CT molecular complexity index is 1270. The number of aromatic nitrogens is 4. The minimum atomic E-state index is -0.235. The van der Waals surface area contributed by atoms with Crippen molar-refractivity contribution in [2.24, 2.45) is 0 Å². The highest BCUT2D eigenvalue weighted by molar-refractivity contribution is 7.98. The largest absolute Gasteiger partial charge is 0.497 e. The molecule has 10 heteroatoms. The summed E-state index contributed by atoms with van der Waals surface area (Å²) in [7, 11) is 1.61. The number of aryl methyl sites for hydroxylation is 1. The SMILES string of the molecule is CCc1cccc(NC(=O)Cn2nc(SC)c(-c3nc(-c4ccc(OC)cc4)no3)c2N)c1. The second kappa shape index (κ2) is 9.78. The van der Waals surface area contributed by atoms with E-state index in [0.29, 0.717) is 16.4 Å². The van der Waals surface area contributed by atoms with Gasteiger partial charge in [-0.1, -0.05) is 24.2 Å². The van der Waals surface area contributed by atoms with Crippen LogP contribution in [0.3, 0.4) is 0 Å². The molecular formula is C23H24N6O3S. The Kier molecular flexibility index (Phi) is 6.64. The molecule has 0 fully saturated rings. The molecule has 0 radical (unpaired) electrons. The van der Waals surface area contributed by atoms with Crippen molar-refractivity contribution in [3.63, 3.8) is 0 Å². The van der Waals surface area contributed by atoms with Crippen molar-refractivity contribution < 1.29 is 14.1 Å². The zero-order valence-electron chi connectivity index (χ0n) is 18.5. The Morgan fingerprint density at radius 2 is 2.03 bits per heavy atom. The molecule has 170 valence electrons. The number of methoxy groups -OCH3 is 1. The lowest BCUT2D eigenvalue weighted by molar-refractivity contribution is -0.116. The third-order valence-corrected chi connectivity index (χ3v) is 5.73. The van der Waals surface area contributed by atoms with Crippen LogP contribution < -0.4 is 15.8 Å². The van der Waals surface area contributed by atoms with E-state index in [1.807, 2.05) is 54.8 Å². The van der Waals surface area contributed by atoms with Crippen molar-refractivity contribution in [3.05, 3.63) is 54.1 Å². The van der Waals surface area contributed by atoms with Gasteiger partial charge < -0.3 is 20.3 Å². The summed E-state index contributed by atoms with van der Waals surface area (Å²) in [5, 5.41) is 12.0. The van der Waals surface area contributed by atoms with Crippen LogP contribution in [-0.2, 0) is 17.8 Å². The van der Waals surface area contributed by atoms with Crippen LogP contribution in [0.2, 0.25) is 0 Å². The van der Waals surface area contributed by atoms with Gasteiger partial charge in [-0.2, -0.15) is 10.1 Å². The van der Waals surface area contributed by atoms with Crippen LogP contribution in [0.1, 0.15) is 12.5 Å². The number of hydrogen-bond acceptors (Lipinski definition) is 8. The van der Waals surface area contributed by atoms with E-state index in [4.69, 9.17) is 15.0 Å². The van der Waals surface area contributed by atoms with Gasteiger partial charge in [-0.05, 0) is 54.6 Å². The average molecular weight is 465 g/mol. The molecule has 2 aromatic heterocycles. The molecule has 0 aliphatic rings. The lowest BCUT2D eigenvalue weighted by Gasteiger charge is -2.08. The van der Waals surface area contributed by atoms with Gasteiger partial charge in [0.15, 0.2) is 0 Å². The minimum Gasteiger partial charge on any atom is -0.497 e. The van der Waals surface area contributed by atoms with Gasteiger partial charge in [-0.15, -0.1) is 11.8 Å². The first-order chi connectivity index (χ1) is 16.0. The van der Waals surface area contributed by atoms with E-state index in [-0.39, 0.29) is 24.2 Å². The van der Waals surface area contributed by atoms with Crippen LogP contribution in [0.5, 0.6) is 5.75 Å². The lowest BCUT2D eigenvalue weighted by atomic mass is 10.1. The Morgan fingerprint density at radius 1 is 1.24 bits per heavy atom. The topological polar surface area (TPSA) is 121 Å². The fourth-order valence-electron chi connectivity index (χ4n) is 3.30. The summed E-state index contributed by atoms with van der Waals surface area (Å²) in [5.41, 5.74) is 9.51. The van der Waals surface area contributed by atoms with Crippen molar-refractivity contribution >= 4 is 29.2 Å². The number of nitrogens with one attached hydrogen (secondary N) is 1. The smallest absolute Gasteiger partial charge is 0.264 e. The van der Waals surface area contributed by atoms with E-state index < -0.39 is 0 Å². The van der Waals surface area contributed by atoms with Crippen LogP contribution in [0.15, 0.2) is 58.1 Å². The number of nitrogen functional groups attached to an aromatic ring is 1. The predicted molar refractivity (Wildman–Crippen MR) is 128 cm³/mol. The molecule has 9 nitrogen and oxygen atoms in total. The third-order valence-electron chi connectivity index (χ3n) is 5.05. The van der Waals surface area contributed by atoms with Gasteiger partial charge in [0, 0.05) is 11.3 Å². The zero-order chi connectivity index (χ0) is 23.4. The maximum atomic E-state index is 12.6. The number of carbonyl (C=O) groups excluding carboxylic acids is 1. The van der Waals surface area contributed by atoms with Gasteiger partial charge in [0.2, 0.25) is 11.7 Å². The Hall–Kier alpha value is -3.79. The molecule has 2 aromatic carbocycles. The number of hydrogen-bond donors (Lipinski definition) is 2. The highest BCUT2D eigenvalue weighted by atomic mass is 32.2. The molecule has 0 aliphatic carbocycles. The quantitative estimate of drug-likeness (QED) is 0.374. The van der Waals surface area contributed by atoms with Crippen LogP contribution in [0.4, 0.5) is 11.5 Å². The van der Waals surface area contributed by atoms with Crippen molar-refractivity contribution in [2.45, 2.75) is 24.9 Å². The average Bonchev–Trinajstić information content (AvgIpc) is 3.43. The van der Waals surface area contributed by atoms with Crippen molar-refractivity contribution in [2.75, 3.05) is 24.4 Å². The molecular weight excluding hydrogens is 440 g/mol. The molecule has 2 heterocycles. The molecule has 0 aliphatic heterocycles. The van der Waals surface area contributed by atoms with Gasteiger partial charge in [-0.3, -0.25) is 4.79 Å². The molecule has 3 N–H and O–H groups in total. The Morgan fingerprint density at radius 3 is 2.73 bits per heavy atom. The fourth-order valence-corrected chi connectivity index (χ4v) is 3.88. The van der Waals surface area contributed by atoms with Gasteiger partial charge in [-0.25, -0.2) is 4.68 Å². The first-order valence-corrected chi connectivity index (χ1v) is 11.5. The van der Waals surface area contributed by atoms with Crippen molar-refractivity contribution in [1.29, 1.82) is 0 Å². The molecule has 0 saturated heterocycles. The van der Waals surface area contributed by atoms with Gasteiger partial charge in [0.05, 0.1) is 7.11 Å². The zero-order valence-corrected chi connectivity index (χ0v) is 19.3. The van der Waals surface area contributed by atoms with Crippen molar-refractivity contribution in [3.8, 4) is 28.6 Å². The van der Waals surface area contributed by atoms with Gasteiger partial charge >= 0.3 is 0 Å². The highest BCUT2D eigenvalue weighted by Crippen LogP contribution is 2.35. The fraction of sp³-hybridized carbons (Fsp3) is 0.217. The van der Waals surface area contributed by atoms with E-state index >= 15 is 0 Å². The van der Waals surface area contributed by atoms with E-state index in [2.05, 4.69) is 27.5 Å². The van der Waals surface area contributed by atoms with Crippen molar-refractivity contribution in [1.82, 2.24) is 19.9 Å². The molecule has 0 saturated carbocycles. The van der Waals surface area contributed by atoms with E-state index in [0.717, 1.165) is 29.0 Å².